The Bertz CT molecular complexity index is 413. The molecule has 90 valence electrons. The minimum absolute atomic E-state index is 0.297. The van der Waals surface area contributed by atoms with Gasteiger partial charge >= 0.3 is 0 Å². The maximum atomic E-state index is 12.4. The lowest BCUT2D eigenvalue weighted by molar-refractivity contribution is 0.0883. The van der Waals surface area contributed by atoms with Crippen molar-refractivity contribution in [2.75, 3.05) is 0 Å². The number of rotatable bonds is 1. The summed E-state index contributed by atoms with van der Waals surface area (Å²) in [6, 6.07) is 8.19. The molecular formula is C16H20O. The Balaban J connectivity index is 1.80. The first-order chi connectivity index (χ1) is 8.36. The molecule has 1 nitrogen and oxygen atoms in total. The van der Waals surface area contributed by atoms with E-state index in [4.69, 9.17) is 0 Å². The molecule has 0 N–H and O–H groups in total. The summed E-state index contributed by atoms with van der Waals surface area (Å²) in [7, 11) is 0. The molecule has 0 heterocycles. The molecule has 1 saturated carbocycles. The quantitative estimate of drug-likeness (QED) is 0.664. The number of ketones is 1. The number of hydrogen-bond acceptors (Lipinski definition) is 1. The number of carbonyl (C=O) groups is 1. The molecule has 1 fully saturated rings. The van der Waals surface area contributed by atoms with Crippen LogP contribution in [-0.2, 0) is 6.42 Å². The summed E-state index contributed by atoms with van der Waals surface area (Å²) in [6.45, 7) is 0. The normalized spacial score (nSPS) is 25.6. The van der Waals surface area contributed by atoms with Crippen molar-refractivity contribution in [1.82, 2.24) is 0 Å². The van der Waals surface area contributed by atoms with Crippen LogP contribution in [-0.4, -0.2) is 5.78 Å². The molecule has 1 unspecified atom stereocenters. The first-order valence-electron chi connectivity index (χ1n) is 6.98. The molecule has 1 heteroatoms. The van der Waals surface area contributed by atoms with Crippen LogP contribution in [0.15, 0.2) is 24.3 Å². The Hall–Kier alpha value is -1.11. The summed E-state index contributed by atoms with van der Waals surface area (Å²) < 4.78 is 0. The molecule has 1 aromatic carbocycles. The van der Waals surface area contributed by atoms with Crippen molar-refractivity contribution in [1.29, 1.82) is 0 Å². The van der Waals surface area contributed by atoms with Crippen molar-refractivity contribution in [3.8, 4) is 0 Å². The molecule has 3 rings (SSSR count). The largest absolute Gasteiger partial charge is 0.294 e. The van der Waals surface area contributed by atoms with Crippen LogP contribution in [0.3, 0.4) is 0 Å². The van der Waals surface area contributed by atoms with E-state index >= 15 is 0 Å². The second-order valence-corrected chi connectivity index (χ2v) is 5.58. The van der Waals surface area contributed by atoms with Gasteiger partial charge in [-0.05, 0) is 30.7 Å². The second-order valence-electron chi connectivity index (χ2n) is 5.58. The summed E-state index contributed by atoms with van der Waals surface area (Å²) >= 11 is 0. The van der Waals surface area contributed by atoms with Crippen LogP contribution in [0, 0.1) is 11.8 Å². The van der Waals surface area contributed by atoms with E-state index in [1.165, 1.54) is 44.1 Å². The van der Waals surface area contributed by atoms with Crippen LogP contribution in [0.1, 0.15) is 54.4 Å². The lowest BCUT2D eigenvalue weighted by atomic mass is 9.83. The van der Waals surface area contributed by atoms with Gasteiger partial charge in [0.05, 0.1) is 0 Å². The molecule has 2 aliphatic carbocycles. The number of carbonyl (C=O) groups excluding carboxylic acids is 1. The van der Waals surface area contributed by atoms with Gasteiger partial charge in [0.1, 0.15) is 0 Å². The standard InChI is InChI=1S/C16H20O/c17-16-14-10-6-5-9-13(14)11-15(16)12-7-3-1-2-4-8-12/h5-6,9-10,12,15H,1-4,7-8,11H2. The summed E-state index contributed by atoms with van der Waals surface area (Å²) in [4.78, 5) is 12.4. The maximum absolute atomic E-state index is 12.4. The van der Waals surface area contributed by atoms with Crippen molar-refractivity contribution >= 4 is 5.78 Å². The lowest BCUT2D eigenvalue weighted by Crippen LogP contribution is -2.20. The zero-order valence-electron chi connectivity index (χ0n) is 10.3. The molecule has 0 saturated heterocycles. The third-order valence-electron chi connectivity index (χ3n) is 4.53. The highest BCUT2D eigenvalue weighted by molar-refractivity contribution is 6.02. The van der Waals surface area contributed by atoms with Crippen molar-refractivity contribution in [2.24, 2.45) is 11.8 Å². The average molecular weight is 228 g/mol. The summed E-state index contributed by atoms with van der Waals surface area (Å²) in [5, 5.41) is 0. The van der Waals surface area contributed by atoms with Gasteiger partial charge in [-0.25, -0.2) is 0 Å². The fraction of sp³-hybridized carbons (Fsp3) is 0.562. The average Bonchev–Trinajstić information content (AvgIpc) is 2.57. The van der Waals surface area contributed by atoms with Gasteiger partial charge in [-0.1, -0.05) is 49.9 Å². The number of hydrogen-bond donors (Lipinski definition) is 0. The van der Waals surface area contributed by atoms with Crippen LogP contribution >= 0.6 is 0 Å². The Morgan fingerprint density at radius 3 is 2.35 bits per heavy atom. The molecule has 0 bridgehead atoms. The fourth-order valence-corrected chi connectivity index (χ4v) is 3.56. The molecular weight excluding hydrogens is 208 g/mol. The minimum Gasteiger partial charge on any atom is -0.294 e. The van der Waals surface area contributed by atoms with Gasteiger partial charge in [0, 0.05) is 11.5 Å². The summed E-state index contributed by atoms with van der Waals surface area (Å²) in [5.74, 6) is 1.37. The van der Waals surface area contributed by atoms with E-state index in [1.807, 2.05) is 12.1 Å². The molecule has 0 radical (unpaired) electrons. The first kappa shape index (κ1) is 11.0. The molecule has 0 aromatic heterocycles. The zero-order chi connectivity index (χ0) is 11.7. The van der Waals surface area contributed by atoms with E-state index in [9.17, 15) is 4.79 Å². The Labute approximate surface area is 103 Å². The van der Waals surface area contributed by atoms with Gasteiger partial charge < -0.3 is 0 Å². The third kappa shape index (κ3) is 2.03. The molecule has 0 spiro atoms. The summed E-state index contributed by atoms with van der Waals surface area (Å²) in [6.07, 6.45) is 8.92. The number of fused-ring (bicyclic) bond motifs is 1. The zero-order valence-corrected chi connectivity index (χ0v) is 10.3. The highest BCUT2D eigenvalue weighted by Crippen LogP contribution is 2.37. The van der Waals surface area contributed by atoms with Crippen LogP contribution in [0.2, 0.25) is 0 Å². The Morgan fingerprint density at radius 2 is 1.65 bits per heavy atom. The SMILES string of the molecule is O=C1c2ccccc2CC1C1CCCCCC1. The van der Waals surface area contributed by atoms with E-state index in [-0.39, 0.29) is 0 Å². The van der Waals surface area contributed by atoms with Crippen LogP contribution in [0.25, 0.3) is 0 Å². The van der Waals surface area contributed by atoms with E-state index < -0.39 is 0 Å². The molecule has 0 amide bonds. The van der Waals surface area contributed by atoms with E-state index in [0.29, 0.717) is 17.6 Å². The molecule has 1 aromatic rings. The highest BCUT2D eigenvalue weighted by Gasteiger charge is 2.35. The van der Waals surface area contributed by atoms with Crippen molar-refractivity contribution in [3.05, 3.63) is 35.4 Å². The van der Waals surface area contributed by atoms with Gasteiger partial charge in [0.25, 0.3) is 0 Å². The lowest BCUT2D eigenvalue weighted by Gasteiger charge is -2.20. The van der Waals surface area contributed by atoms with E-state index in [2.05, 4.69) is 12.1 Å². The molecule has 2 aliphatic rings. The minimum atomic E-state index is 0.297. The van der Waals surface area contributed by atoms with Gasteiger partial charge in [-0.15, -0.1) is 0 Å². The topological polar surface area (TPSA) is 17.1 Å². The van der Waals surface area contributed by atoms with Gasteiger partial charge in [-0.3, -0.25) is 4.79 Å². The van der Waals surface area contributed by atoms with E-state index in [0.717, 1.165) is 12.0 Å². The predicted molar refractivity (Wildman–Crippen MR) is 69.2 cm³/mol. The predicted octanol–water partition coefficient (Wildman–Crippen LogP) is 4.01. The summed E-state index contributed by atoms with van der Waals surface area (Å²) in [5.41, 5.74) is 2.29. The van der Waals surface area contributed by atoms with Gasteiger partial charge in [0.15, 0.2) is 5.78 Å². The van der Waals surface area contributed by atoms with Gasteiger partial charge in [0.2, 0.25) is 0 Å². The van der Waals surface area contributed by atoms with Crippen molar-refractivity contribution < 1.29 is 4.79 Å². The molecule has 17 heavy (non-hydrogen) atoms. The monoisotopic (exact) mass is 228 g/mol. The number of Topliss-reactive ketones (excluding diaryl/α,β-unsaturated/α-hetero) is 1. The van der Waals surface area contributed by atoms with Crippen LogP contribution < -0.4 is 0 Å². The third-order valence-corrected chi connectivity index (χ3v) is 4.53. The molecule has 0 aliphatic heterocycles. The van der Waals surface area contributed by atoms with Crippen LogP contribution in [0.5, 0.6) is 0 Å². The van der Waals surface area contributed by atoms with E-state index in [1.54, 1.807) is 0 Å². The second kappa shape index (κ2) is 4.64. The van der Waals surface area contributed by atoms with Crippen molar-refractivity contribution in [3.63, 3.8) is 0 Å². The van der Waals surface area contributed by atoms with Gasteiger partial charge in [-0.2, -0.15) is 0 Å². The Kier molecular flexibility index (Phi) is 3.00. The highest BCUT2D eigenvalue weighted by atomic mass is 16.1. The molecule has 1 atom stereocenters. The van der Waals surface area contributed by atoms with Crippen molar-refractivity contribution in [2.45, 2.75) is 44.9 Å². The number of benzene rings is 1. The maximum Gasteiger partial charge on any atom is 0.166 e. The first-order valence-corrected chi connectivity index (χ1v) is 6.98. The Morgan fingerprint density at radius 1 is 0.941 bits per heavy atom. The van der Waals surface area contributed by atoms with Crippen LogP contribution in [0.4, 0.5) is 0 Å². The fourth-order valence-electron chi connectivity index (χ4n) is 3.56. The smallest absolute Gasteiger partial charge is 0.166 e.